The first kappa shape index (κ1) is 16.7. The summed E-state index contributed by atoms with van der Waals surface area (Å²) in [7, 11) is 1.42. The van der Waals surface area contributed by atoms with Gasteiger partial charge in [-0.1, -0.05) is 13.0 Å². The molecule has 1 aromatic rings. The minimum absolute atomic E-state index is 0. The SMILES string of the molecule is CCc1ccc(O)c(NC(=O)C(CN)OC)c1.Cl. The van der Waals surface area contributed by atoms with Crippen LogP contribution in [-0.4, -0.2) is 30.8 Å². The Balaban J connectivity index is 0.00000289. The number of carbonyl (C=O) groups excluding carboxylic acids is 1. The number of methoxy groups -OCH3 is 1. The molecule has 102 valence electrons. The molecular formula is C12H19ClN2O3. The molecule has 0 aliphatic heterocycles. The van der Waals surface area contributed by atoms with Crippen molar-refractivity contribution in [2.45, 2.75) is 19.4 Å². The van der Waals surface area contributed by atoms with Crippen LogP contribution in [0.2, 0.25) is 0 Å². The van der Waals surface area contributed by atoms with Gasteiger partial charge in [-0.15, -0.1) is 12.4 Å². The van der Waals surface area contributed by atoms with E-state index in [-0.39, 0.29) is 30.6 Å². The summed E-state index contributed by atoms with van der Waals surface area (Å²) in [4.78, 5) is 11.7. The Labute approximate surface area is 113 Å². The molecule has 0 aliphatic carbocycles. The molecule has 0 heterocycles. The maximum atomic E-state index is 11.7. The highest BCUT2D eigenvalue weighted by Gasteiger charge is 2.17. The van der Waals surface area contributed by atoms with E-state index in [0.717, 1.165) is 12.0 Å². The minimum atomic E-state index is -0.709. The number of rotatable bonds is 5. The van der Waals surface area contributed by atoms with E-state index in [2.05, 4.69) is 5.32 Å². The molecule has 0 bridgehead atoms. The molecule has 6 heteroatoms. The highest BCUT2D eigenvalue weighted by Crippen LogP contribution is 2.24. The molecule has 0 spiro atoms. The van der Waals surface area contributed by atoms with E-state index in [1.807, 2.05) is 13.0 Å². The number of halogens is 1. The van der Waals surface area contributed by atoms with E-state index in [1.54, 1.807) is 12.1 Å². The molecule has 1 rings (SSSR count). The van der Waals surface area contributed by atoms with Crippen molar-refractivity contribution >= 4 is 24.0 Å². The Bertz CT molecular complexity index is 395. The number of aromatic hydroxyl groups is 1. The number of hydrogen-bond acceptors (Lipinski definition) is 4. The summed E-state index contributed by atoms with van der Waals surface area (Å²) in [5, 5.41) is 12.2. The number of carbonyl (C=O) groups is 1. The van der Waals surface area contributed by atoms with Gasteiger partial charge in [0.1, 0.15) is 11.9 Å². The van der Waals surface area contributed by atoms with Gasteiger partial charge in [0.25, 0.3) is 5.91 Å². The number of nitrogens with two attached hydrogens (primary N) is 1. The lowest BCUT2D eigenvalue weighted by molar-refractivity contribution is -0.125. The van der Waals surface area contributed by atoms with Gasteiger partial charge in [-0.3, -0.25) is 4.79 Å². The van der Waals surface area contributed by atoms with E-state index in [9.17, 15) is 9.90 Å². The van der Waals surface area contributed by atoms with E-state index < -0.39 is 6.10 Å². The summed E-state index contributed by atoms with van der Waals surface area (Å²) in [6.45, 7) is 2.09. The van der Waals surface area contributed by atoms with Gasteiger partial charge in [0, 0.05) is 13.7 Å². The third-order valence-electron chi connectivity index (χ3n) is 2.52. The van der Waals surface area contributed by atoms with Gasteiger partial charge in [-0.05, 0) is 24.1 Å². The van der Waals surface area contributed by atoms with Gasteiger partial charge in [-0.2, -0.15) is 0 Å². The van der Waals surface area contributed by atoms with Crippen LogP contribution in [0.4, 0.5) is 5.69 Å². The third kappa shape index (κ3) is 4.18. The Morgan fingerprint density at radius 2 is 2.22 bits per heavy atom. The lowest BCUT2D eigenvalue weighted by Crippen LogP contribution is -2.35. The molecule has 1 amide bonds. The third-order valence-corrected chi connectivity index (χ3v) is 2.52. The number of ether oxygens (including phenoxy) is 1. The second-order valence-corrected chi connectivity index (χ2v) is 3.65. The van der Waals surface area contributed by atoms with Crippen molar-refractivity contribution in [2.24, 2.45) is 5.73 Å². The number of nitrogens with one attached hydrogen (secondary N) is 1. The molecule has 18 heavy (non-hydrogen) atoms. The first-order valence-corrected chi connectivity index (χ1v) is 5.48. The largest absolute Gasteiger partial charge is 0.506 e. The predicted molar refractivity (Wildman–Crippen MR) is 73.2 cm³/mol. The number of phenols is 1. The average molecular weight is 275 g/mol. The fraction of sp³-hybridized carbons (Fsp3) is 0.417. The van der Waals surface area contributed by atoms with Crippen LogP contribution in [0.25, 0.3) is 0 Å². The summed E-state index contributed by atoms with van der Waals surface area (Å²) < 4.78 is 4.91. The standard InChI is InChI=1S/C12H18N2O3.ClH/c1-3-8-4-5-10(15)9(6-8)14-12(16)11(7-13)17-2;/h4-6,11,15H,3,7,13H2,1-2H3,(H,14,16);1H. The molecule has 0 saturated carbocycles. The van der Waals surface area contributed by atoms with E-state index >= 15 is 0 Å². The predicted octanol–water partition coefficient (Wildman–Crippen LogP) is 1.29. The fourth-order valence-electron chi connectivity index (χ4n) is 1.43. The van der Waals surface area contributed by atoms with Crippen LogP contribution in [0.1, 0.15) is 12.5 Å². The van der Waals surface area contributed by atoms with Crippen LogP contribution in [0.15, 0.2) is 18.2 Å². The van der Waals surface area contributed by atoms with Crippen LogP contribution in [0, 0.1) is 0 Å². The smallest absolute Gasteiger partial charge is 0.254 e. The average Bonchev–Trinajstić information content (AvgIpc) is 2.33. The molecule has 0 fully saturated rings. The normalized spacial score (nSPS) is 11.5. The van der Waals surface area contributed by atoms with Crippen molar-refractivity contribution in [1.29, 1.82) is 0 Å². The van der Waals surface area contributed by atoms with Crippen molar-refractivity contribution < 1.29 is 14.6 Å². The second-order valence-electron chi connectivity index (χ2n) is 3.65. The first-order chi connectivity index (χ1) is 8.12. The van der Waals surface area contributed by atoms with Gasteiger partial charge in [-0.25, -0.2) is 0 Å². The number of hydrogen-bond donors (Lipinski definition) is 3. The number of amides is 1. The van der Waals surface area contributed by atoms with Gasteiger partial charge >= 0.3 is 0 Å². The topological polar surface area (TPSA) is 84.6 Å². The van der Waals surface area contributed by atoms with E-state index in [0.29, 0.717) is 5.69 Å². The van der Waals surface area contributed by atoms with Crippen LogP contribution in [0.3, 0.4) is 0 Å². The van der Waals surface area contributed by atoms with Crippen molar-refractivity contribution in [3.05, 3.63) is 23.8 Å². The van der Waals surface area contributed by atoms with E-state index in [4.69, 9.17) is 10.5 Å². The highest BCUT2D eigenvalue weighted by atomic mass is 35.5. The molecule has 0 saturated heterocycles. The summed E-state index contributed by atoms with van der Waals surface area (Å²) in [5.74, 6) is -0.332. The monoisotopic (exact) mass is 274 g/mol. The fourth-order valence-corrected chi connectivity index (χ4v) is 1.43. The summed E-state index contributed by atoms with van der Waals surface area (Å²) in [6, 6.07) is 5.09. The van der Waals surface area contributed by atoms with Crippen LogP contribution in [0.5, 0.6) is 5.75 Å². The van der Waals surface area contributed by atoms with Gasteiger partial charge in [0.15, 0.2) is 0 Å². The zero-order chi connectivity index (χ0) is 12.8. The van der Waals surface area contributed by atoms with Crippen LogP contribution < -0.4 is 11.1 Å². The van der Waals surface area contributed by atoms with E-state index in [1.165, 1.54) is 7.11 Å². The summed E-state index contributed by atoms with van der Waals surface area (Å²) >= 11 is 0. The maximum absolute atomic E-state index is 11.7. The zero-order valence-electron chi connectivity index (χ0n) is 10.5. The summed E-state index contributed by atoms with van der Waals surface area (Å²) in [6.07, 6.45) is 0.119. The number of aryl methyl sites for hydroxylation is 1. The molecule has 1 atom stereocenters. The Kier molecular flexibility index (Phi) is 7.35. The van der Waals surface area contributed by atoms with Crippen molar-refractivity contribution in [1.82, 2.24) is 0 Å². The molecule has 0 aromatic heterocycles. The highest BCUT2D eigenvalue weighted by molar-refractivity contribution is 5.95. The Morgan fingerprint density at radius 1 is 1.56 bits per heavy atom. The maximum Gasteiger partial charge on any atom is 0.254 e. The Morgan fingerprint density at radius 3 is 2.72 bits per heavy atom. The van der Waals surface area contributed by atoms with Crippen molar-refractivity contribution in [3.8, 4) is 5.75 Å². The molecule has 0 aliphatic rings. The van der Waals surface area contributed by atoms with Gasteiger partial charge in [0.2, 0.25) is 0 Å². The molecule has 0 radical (unpaired) electrons. The first-order valence-electron chi connectivity index (χ1n) is 5.48. The molecule has 1 unspecified atom stereocenters. The van der Waals surface area contributed by atoms with Gasteiger partial charge in [0.05, 0.1) is 5.69 Å². The number of phenolic OH excluding ortho intramolecular Hbond substituents is 1. The van der Waals surface area contributed by atoms with Gasteiger partial charge < -0.3 is 20.9 Å². The quantitative estimate of drug-likeness (QED) is 0.707. The van der Waals surface area contributed by atoms with Crippen LogP contribution >= 0.6 is 12.4 Å². The lowest BCUT2D eigenvalue weighted by atomic mass is 10.1. The van der Waals surface area contributed by atoms with Crippen molar-refractivity contribution in [2.75, 3.05) is 19.0 Å². The Hall–Kier alpha value is -1.30. The molecule has 5 nitrogen and oxygen atoms in total. The lowest BCUT2D eigenvalue weighted by Gasteiger charge is -2.14. The summed E-state index contributed by atoms with van der Waals surface area (Å²) in [5.41, 5.74) is 6.79. The molecule has 1 aromatic carbocycles. The minimum Gasteiger partial charge on any atom is -0.506 e. The second kappa shape index (κ2) is 7.92. The number of benzene rings is 1. The molecule has 4 N–H and O–H groups in total. The van der Waals surface area contributed by atoms with Crippen molar-refractivity contribution in [3.63, 3.8) is 0 Å². The number of anilines is 1. The zero-order valence-corrected chi connectivity index (χ0v) is 11.3. The van der Waals surface area contributed by atoms with Crippen LogP contribution in [-0.2, 0) is 16.0 Å². The molecular weight excluding hydrogens is 256 g/mol.